The van der Waals surface area contributed by atoms with Crippen LogP contribution >= 0.6 is 23.4 Å². The predicted octanol–water partition coefficient (Wildman–Crippen LogP) is 5.12. The first-order valence-electron chi connectivity index (χ1n) is 8.61. The molecule has 1 aliphatic carbocycles. The van der Waals surface area contributed by atoms with E-state index in [1.165, 1.54) is 0 Å². The highest BCUT2D eigenvalue weighted by atomic mass is 35.5. The highest BCUT2D eigenvalue weighted by Gasteiger charge is 2.29. The maximum absolute atomic E-state index is 12.2. The van der Waals surface area contributed by atoms with Gasteiger partial charge in [0.25, 0.3) is 0 Å². The molecule has 2 aromatic rings. The summed E-state index contributed by atoms with van der Waals surface area (Å²) >= 11 is 7.48. The Morgan fingerprint density at radius 3 is 2.54 bits per heavy atom. The van der Waals surface area contributed by atoms with Crippen LogP contribution in [-0.4, -0.2) is 17.6 Å². The van der Waals surface area contributed by atoms with Gasteiger partial charge in [0.15, 0.2) is 0 Å². The van der Waals surface area contributed by atoms with Crippen LogP contribution in [-0.2, 0) is 9.59 Å². The van der Waals surface area contributed by atoms with Gasteiger partial charge in [-0.25, -0.2) is 0 Å². The molecule has 2 aromatic carbocycles. The molecule has 0 aromatic heterocycles. The molecular formula is C20H21ClN2O2S. The molecule has 0 aliphatic heterocycles. The average Bonchev–Trinajstić information content (AvgIpc) is 3.45. The van der Waals surface area contributed by atoms with E-state index in [4.69, 9.17) is 11.6 Å². The van der Waals surface area contributed by atoms with Crippen molar-refractivity contribution < 1.29 is 9.59 Å². The van der Waals surface area contributed by atoms with E-state index in [1.54, 1.807) is 11.8 Å². The number of benzene rings is 2. The highest BCUT2D eigenvalue weighted by molar-refractivity contribution is 7.99. The second kappa shape index (κ2) is 8.60. The number of hydrogen-bond donors (Lipinski definition) is 2. The van der Waals surface area contributed by atoms with Crippen molar-refractivity contribution in [3.63, 3.8) is 0 Å². The largest absolute Gasteiger partial charge is 0.326 e. The van der Waals surface area contributed by atoms with E-state index in [9.17, 15) is 9.59 Å². The number of aryl methyl sites for hydroxylation is 1. The van der Waals surface area contributed by atoms with Crippen LogP contribution in [0.5, 0.6) is 0 Å². The van der Waals surface area contributed by atoms with Crippen LogP contribution in [0.4, 0.5) is 11.4 Å². The number of nitrogens with one attached hydrogen (secondary N) is 2. The van der Waals surface area contributed by atoms with E-state index in [1.807, 2.05) is 49.4 Å². The van der Waals surface area contributed by atoms with Gasteiger partial charge in [0.2, 0.25) is 11.8 Å². The summed E-state index contributed by atoms with van der Waals surface area (Å²) in [4.78, 5) is 25.2. The maximum atomic E-state index is 12.2. The van der Waals surface area contributed by atoms with Gasteiger partial charge in [-0.15, -0.1) is 11.8 Å². The second-order valence-corrected chi connectivity index (χ2v) is 8.00. The Balaban J connectivity index is 1.51. The Kier molecular flexibility index (Phi) is 6.22. The second-order valence-electron chi connectivity index (χ2n) is 6.39. The standard InChI is InChI=1S/C20H21ClN2O2S/c1-13-2-7-16(22-20(25)14-3-4-14)12-18(13)23-19(24)10-11-26-17-8-5-15(21)6-9-17/h2,5-9,12,14H,3-4,10-11H2,1H3,(H,22,25)(H,23,24). The van der Waals surface area contributed by atoms with Crippen LogP contribution in [0.25, 0.3) is 0 Å². The van der Waals surface area contributed by atoms with Crippen LogP contribution in [0.1, 0.15) is 24.8 Å². The van der Waals surface area contributed by atoms with E-state index < -0.39 is 0 Å². The summed E-state index contributed by atoms with van der Waals surface area (Å²) in [7, 11) is 0. The number of amides is 2. The van der Waals surface area contributed by atoms with Crippen LogP contribution < -0.4 is 10.6 Å². The van der Waals surface area contributed by atoms with Crippen LogP contribution in [0.15, 0.2) is 47.4 Å². The monoisotopic (exact) mass is 388 g/mol. The molecule has 136 valence electrons. The van der Waals surface area contributed by atoms with Gasteiger partial charge in [-0.3, -0.25) is 9.59 Å². The van der Waals surface area contributed by atoms with Crippen LogP contribution in [0.3, 0.4) is 0 Å². The van der Waals surface area contributed by atoms with Crippen molar-refractivity contribution in [2.75, 3.05) is 16.4 Å². The summed E-state index contributed by atoms with van der Waals surface area (Å²) in [6, 6.07) is 13.2. The quantitative estimate of drug-likeness (QED) is 0.647. The van der Waals surface area contributed by atoms with E-state index in [0.29, 0.717) is 17.2 Å². The number of anilines is 2. The molecule has 1 saturated carbocycles. The van der Waals surface area contributed by atoms with Crippen molar-refractivity contribution in [3.05, 3.63) is 53.1 Å². The maximum Gasteiger partial charge on any atom is 0.227 e. The third-order valence-corrected chi connectivity index (χ3v) is 5.40. The Bertz CT molecular complexity index is 804. The zero-order chi connectivity index (χ0) is 18.5. The molecule has 0 bridgehead atoms. The minimum Gasteiger partial charge on any atom is -0.326 e. The summed E-state index contributed by atoms with van der Waals surface area (Å²) < 4.78 is 0. The molecule has 6 heteroatoms. The van der Waals surface area contributed by atoms with Gasteiger partial charge in [0.05, 0.1) is 0 Å². The van der Waals surface area contributed by atoms with Crippen LogP contribution in [0, 0.1) is 12.8 Å². The Morgan fingerprint density at radius 1 is 1.12 bits per heavy atom. The van der Waals surface area contributed by atoms with Gasteiger partial charge >= 0.3 is 0 Å². The number of carbonyl (C=O) groups excluding carboxylic acids is 2. The average molecular weight is 389 g/mol. The van der Waals surface area contributed by atoms with E-state index in [2.05, 4.69) is 10.6 Å². The summed E-state index contributed by atoms with van der Waals surface area (Å²) in [6.45, 7) is 1.94. The first-order chi connectivity index (χ1) is 12.5. The SMILES string of the molecule is Cc1ccc(NC(=O)C2CC2)cc1NC(=O)CCSc1ccc(Cl)cc1. The molecule has 1 aliphatic rings. The van der Waals surface area contributed by atoms with Crippen molar-refractivity contribution in [1.29, 1.82) is 0 Å². The van der Waals surface area contributed by atoms with Gasteiger partial charge < -0.3 is 10.6 Å². The summed E-state index contributed by atoms with van der Waals surface area (Å²) in [5.41, 5.74) is 2.42. The minimum atomic E-state index is -0.0415. The molecule has 0 unspecified atom stereocenters. The van der Waals surface area contributed by atoms with E-state index in [0.717, 1.165) is 34.7 Å². The Labute approximate surface area is 162 Å². The predicted molar refractivity (Wildman–Crippen MR) is 108 cm³/mol. The van der Waals surface area contributed by atoms with Crippen molar-refractivity contribution in [3.8, 4) is 0 Å². The van der Waals surface area contributed by atoms with Crippen molar-refractivity contribution in [2.45, 2.75) is 31.1 Å². The molecule has 2 amide bonds. The molecule has 3 rings (SSSR count). The van der Waals surface area contributed by atoms with Gasteiger partial charge in [-0.05, 0) is 61.7 Å². The number of carbonyl (C=O) groups is 2. The lowest BCUT2D eigenvalue weighted by Crippen LogP contribution is -2.15. The number of thioether (sulfide) groups is 1. The first-order valence-corrected chi connectivity index (χ1v) is 9.97. The Morgan fingerprint density at radius 2 is 1.85 bits per heavy atom. The fourth-order valence-electron chi connectivity index (χ4n) is 2.43. The number of rotatable bonds is 7. The highest BCUT2D eigenvalue weighted by Crippen LogP contribution is 2.31. The lowest BCUT2D eigenvalue weighted by Gasteiger charge is -2.11. The molecule has 0 radical (unpaired) electrons. The number of halogens is 1. The molecule has 4 nitrogen and oxygen atoms in total. The Hall–Kier alpha value is -1.98. The van der Waals surface area contributed by atoms with E-state index in [-0.39, 0.29) is 17.7 Å². The number of hydrogen-bond acceptors (Lipinski definition) is 3. The van der Waals surface area contributed by atoms with E-state index >= 15 is 0 Å². The third kappa shape index (κ3) is 5.51. The van der Waals surface area contributed by atoms with Gasteiger partial charge in [-0.1, -0.05) is 17.7 Å². The minimum absolute atomic E-state index is 0.0415. The van der Waals surface area contributed by atoms with Gasteiger partial charge in [0, 0.05) is 39.4 Å². The molecule has 26 heavy (non-hydrogen) atoms. The van der Waals surface area contributed by atoms with Gasteiger partial charge in [-0.2, -0.15) is 0 Å². The molecular weight excluding hydrogens is 368 g/mol. The normalized spacial score (nSPS) is 13.3. The molecule has 0 heterocycles. The third-order valence-electron chi connectivity index (χ3n) is 4.14. The molecule has 0 saturated heterocycles. The fourth-order valence-corrected chi connectivity index (χ4v) is 3.41. The fraction of sp³-hybridized carbons (Fsp3) is 0.300. The molecule has 2 N–H and O–H groups in total. The topological polar surface area (TPSA) is 58.2 Å². The smallest absolute Gasteiger partial charge is 0.227 e. The zero-order valence-corrected chi connectivity index (χ0v) is 16.1. The summed E-state index contributed by atoms with van der Waals surface area (Å²) in [6.07, 6.45) is 2.34. The molecule has 0 atom stereocenters. The summed E-state index contributed by atoms with van der Waals surface area (Å²) in [5.74, 6) is 0.856. The lowest BCUT2D eigenvalue weighted by molar-refractivity contribution is -0.117. The summed E-state index contributed by atoms with van der Waals surface area (Å²) in [5, 5.41) is 6.55. The zero-order valence-electron chi connectivity index (χ0n) is 14.5. The first kappa shape index (κ1) is 18.8. The van der Waals surface area contributed by atoms with Gasteiger partial charge in [0.1, 0.15) is 0 Å². The lowest BCUT2D eigenvalue weighted by atomic mass is 10.1. The van der Waals surface area contributed by atoms with Crippen molar-refractivity contribution in [1.82, 2.24) is 0 Å². The van der Waals surface area contributed by atoms with Crippen molar-refractivity contribution in [2.24, 2.45) is 5.92 Å². The van der Waals surface area contributed by atoms with Crippen molar-refractivity contribution >= 4 is 46.6 Å². The van der Waals surface area contributed by atoms with Crippen LogP contribution in [0.2, 0.25) is 5.02 Å². The molecule has 0 spiro atoms. The molecule has 1 fully saturated rings.